The lowest BCUT2D eigenvalue weighted by Gasteiger charge is -2.30. The molecule has 0 aromatic carbocycles. The predicted molar refractivity (Wildman–Crippen MR) is 91.9 cm³/mol. The van der Waals surface area contributed by atoms with Crippen LogP contribution in [0.3, 0.4) is 0 Å². The molecule has 1 aromatic heterocycles. The van der Waals surface area contributed by atoms with Crippen molar-refractivity contribution in [2.45, 2.75) is 35.9 Å². The first-order valence-corrected chi connectivity index (χ1v) is 11.1. The second-order valence-electron chi connectivity index (χ2n) is 5.27. The summed E-state index contributed by atoms with van der Waals surface area (Å²) in [6.07, 6.45) is 5.61. The summed E-state index contributed by atoms with van der Waals surface area (Å²) in [7, 11) is -3.62. The molecule has 0 unspecified atom stereocenters. The standard InChI is InChI=1S/C14H22N2O3S3/c1-20-11-7-12(14(17)16-8-3-2-4-9-16)15-22(18,19)13-6-5-10-21-13/h5-6,10,12,15H,2-4,7-9,11H2,1H3/t12-/m0/s1. The summed E-state index contributed by atoms with van der Waals surface area (Å²) in [5, 5.41) is 1.72. The second kappa shape index (κ2) is 8.33. The zero-order valence-corrected chi connectivity index (χ0v) is 15.1. The number of hydrogen-bond donors (Lipinski definition) is 1. The summed E-state index contributed by atoms with van der Waals surface area (Å²) >= 11 is 2.78. The lowest BCUT2D eigenvalue weighted by atomic mass is 10.1. The van der Waals surface area contributed by atoms with E-state index in [4.69, 9.17) is 0 Å². The Kier molecular flexibility index (Phi) is 6.73. The van der Waals surface area contributed by atoms with Gasteiger partial charge < -0.3 is 4.90 Å². The van der Waals surface area contributed by atoms with E-state index in [2.05, 4.69) is 4.72 Å². The highest BCUT2D eigenvalue weighted by molar-refractivity contribution is 7.98. The topological polar surface area (TPSA) is 66.5 Å². The Hall–Kier alpha value is -0.570. The fourth-order valence-electron chi connectivity index (χ4n) is 2.46. The van der Waals surface area contributed by atoms with Gasteiger partial charge in [0.15, 0.2) is 0 Å². The van der Waals surface area contributed by atoms with Gasteiger partial charge in [0.25, 0.3) is 10.0 Å². The highest BCUT2D eigenvalue weighted by Gasteiger charge is 2.29. The average molecular weight is 363 g/mol. The van der Waals surface area contributed by atoms with Crippen LogP contribution in [0.4, 0.5) is 0 Å². The molecule has 1 aromatic rings. The van der Waals surface area contributed by atoms with Crippen LogP contribution in [0, 0.1) is 0 Å². The number of thioether (sulfide) groups is 1. The fraction of sp³-hybridized carbons (Fsp3) is 0.643. The summed E-state index contributed by atoms with van der Waals surface area (Å²) in [5.41, 5.74) is 0. The minimum absolute atomic E-state index is 0.0890. The number of rotatable bonds is 7. The number of nitrogens with zero attached hydrogens (tertiary/aromatic N) is 1. The van der Waals surface area contributed by atoms with Crippen LogP contribution in [0.1, 0.15) is 25.7 Å². The summed E-state index contributed by atoms with van der Waals surface area (Å²) in [5.74, 6) is 0.658. The highest BCUT2D eigenvalue weighted by Crippen LogP contribution is 2.18. The van der Waals surface area contributed by atoms with Gasteiger partial charge in [0.2, 0.25) is 5.91 Å². The van der Waals surface area contributed by atoms with Crippen LogP contribution in [0.2, 0.25) is 0 Å². The third-order valence-corrected chi connectivity index (χ3v) is 7.15. The van der Waals surface area contributed by atoms with Crippen molar-refractivity contribution >= 4 is 39.0 Å². The Balaban J connectivity index is 2.09. The molecule has 2 heterocycles. The van der Waals surface area contributed by atoms with Gasteiger partial charge in [0.1, 0.15) is 10.3 Å². The Morgan fingerprint density at radius 3 is 2.73 bits per heavy atom. The Morgan fingerprint density at radius 1 is 1.41 bits per heavy atom. The molecule has 1 N–H and O–H groups in total. The van der Waals surface area contributed by atoms with Crippen molar-refractivity contribution in [2.24, 2.45) is 0 Å². The average Bonchev–Trinajstić information content (AvgIpc) is 3.07. The van der Waals surface area contributed by atoms with Gasteiger partial charge in [-0.05, 0) is 49.1 Å². The molecule has 1 saturated heterocycles. The van der Waals surface area contributed by atoms with Gasteiger partial charge >= 0.3 is 0 Å². The molecule has 22 heavy (non-hydrogen) atoms. The first-order chi connectivity index (χ1) is 10.5. The minimum Gasteiger partial charge on any atom is -0.341 e. The molecule has 1 aliphatic rings. The Labute approximate surface area is 140 Å². The van der Waals surface area contributed by atoms with E-state index < -0.39 is 16.1 Å². The third kappa shape index (κ3) is 4.71. The number of carbonyl (C=O) groups is 1. The number of sulfonamides is 1. The van der Waals surface area contributed by atoms with E-state index in [1.165, 1.54) is 0 Å². The molecule has 0 spiro atoms. The Morgan fingerprint density at radius 2 is 2.14 bits per heavy atom. The minimum atomic E-state index is -3.62. The second-order valence-corrected chi connectivity index (χ2v) is 9.15. The summed E-state index contributed by atoms with van der Waals surface area (Å²) in [6.45, 7) is 1.46. The lowest BCUT2D eigenvalue weighted by Crippen LogP contribution is -2.50. The smallest absolute Gasteiger partial charge is 0.250 e. The molecule has 1 aliphatic heterocycles. The van der Waals surface area contributed by atoms with E-state index in [-0.39, 0.29) is 10.1 Å². The molecule has 1 fully saturated rings. The normalized spacial score (nSPS) is 17.4. The number of thiophene rings is 1. The van der Waals surface area contributed by atoms with Crippen LogP contribution in [0.15, 0.2) is 21.7 Å². The van der Waals surface area contributed by atoms with Crippen molar-refractivity contribution in [2.75, 3.05) is 25.1 Å². The quantitative estimate of drug-likeness (QED) is 0.807. The lowest BCUT2D eigenvalue weighted by molar-refractivity contribution is -0.133. The molecule has 0 bridgehead atoms. The maximum Gasteiger partial charge on any atom is 0.250 e. The van der Waals surface area contributed by atoms with E-state index in [9.17, 15) is 13.2 Å². The number of piperidine rings is 1. The van der Waals surface area contributed by atoms with Crippen LogP contribution in [-0.4, -0.2) is 50.4 Å². The van der Waals surface area contributed by atoms with Gasteiger partial charge in [-0.15, -0.1) is 11.3 Å². The van der Waals surface area contributed by atoms with Crippen LogP contribution in [0.25, 0.3) is 0 Å². The molecule has 0 aliphatic carbocycles. The van der Waals surface area contributed by atoms with Crippen LogP contribution >= 0.6 is 23.1 Å². The number of hydrogen-bond acceptors (Lipinski definition) is 5. The van der Waals surface area contributed by atoms with Crippen LogP contribution in [0.5, 0.6) is 0 Å². The molecule has 1 amide bonds. The van der Waals surface area contributed by atoms with Gasteiger partial charge in [0, 0.05) is 13.1 Å². The van der Waals surface area contributed by atoms with Crippen LogP contribution in [-0.2, 0) is 14.8 Å². The van der Waals surface area contributed by atoms with Crippen LogP contribution < -0.4 is 4.72 Å². The molecule has 8 heteroatoms. The summed E-state index contributed by atoms with van der Waals surface area (Å²) < 4.78 is 27.6. The van der Waals surface area contributed by atoms with Crippen molar-refractivity contribution < 1.29 is 13.2 Å². The Bertz CT molecular complexity index is 566. The van der Waals surface area contributed by atoms with E-state index in [1.54, 1.807) is 34.2 Å². The zero-order chi connectivity index (χ0) is 16.0. The van der Waals surface area contributed by atoms with Crippen molar-refractivity contribution in [1.29, 1.82) is 0 Å². The van der Waals surface area contributed by atoms with Gasteiger partial charge in [-0.3, -0.25) is 4.79 Å². The maximum absolute atomic E-state index is 12.6. The van der Waals surface area contributed by atoms with Gasteiger partial charge in [-0.25, -0.2) is 8.42 Å². The molecule has 1 atom stereocenters. The number of amides is 1. The molecule has 2 rings (SSSR count). The monoisotopic (exact) mass is 362 g/mol. The van der Waals surface area contributed by atoms with E-state index in [0.29, 0.717) is 6.42 Å². The van der Waals surface area contributed by atoms with Gasteiger partial charge in [0.05, 0.1) is 0 Å². The molecule has 0 radical (unpaired) electrons. The van der Waals surface area contributed by atoms with Gasteiger partial charge in [-0.1, -0.05) is 6.07 Å². The largest absolute Gasteiger partial charge is 0.341 e. The molecular weight excluding hydrogens is 340 g/mol. The van der Waals surface area contributed by atoms with E-state index in [1.807, 2.05) is 6.26 Å². The first-order valence-electron chi connectivity index (χ1n) is 7.38. The molecular formula is C14H22N2O3S3. The SMILES string of the molecule is CSCC[C@H](NS(=O)(=O)c1cccs1)C(=O)N1CCCCC1. The van der Waals surface area contributed by atoms with E-state index in [0.717, 1.165) is 49.4 Å². The summed E-state index contributed by atoms with van der Waals surface area (Å²) in [4.78, 5) is 14.4. The number of likely N-dealkylation sites (tertiary alicyclic amines) is 1. The molecule has 124 valence electrons. The van der Waals surface area contributed by atoms with Crippen molar-refractivity contribution in [3.05, 3.63) is 17.5 Å². The number of carbonyl (C=O) groups excluding carboxylic acids is 1. The summed E-state index contributed by atoms with van der Waals surface area (Å²) in [6, 6.07) is 2.59. The molecule has 0 saturated carbocycles. The van der Waals surface area contributed by atoms with Gasteiger partial charge in [-0.2, -0.15) is 16.5 Å². The third-order valence-electron chi connectivity index (χ3n) is 3.63. The van der Waals surface area contributed by atoms with Crippen molar-refractivity contribution in [3.63, 3.8) is 0 Å². The van der Waals surface area contributed by atoms with Crippen molar-refractivity contribution in [1.82, 2.24) is 9.62 Å². The first kappa shape index (κ1) is 17.8. The molecule has 5 nitrogen and oxygen atoms in total. The van der Waals surface area contributed by atoms with E-state index >= 15 is 0 Å². The highest BCUT2D eigenvalue weighted by atomic mass is 32.2. The predicted octanol–water partition coefficient (Wildman–Crippen LogP) is 2.16. The maximum atomic E-state index is 12.6. The fourth-order valence-corrected chi connectivity index (χ4v) is 5.17. The zero-order valence-electron chi connectivity index (χ0n) is 12.7. The number of nitrogens with one attached hydrogen (secondary N) is 1. The van der Waals surface area contributed by atoms with Crippen molar-refractivity contribution in [3.8, 4) is 0 Å².